The topological polar surface area (TPSA) is 188 Å². The van der Waals surface area contributed by atoms with Crippen molar-refractivity contribution < 1.29 is 44.3 Å². The van der Waals surface area contributed by atoms with E-state index in [0.717, 1.165) is 6.92 Å². The molecular formula is C24H26N2O9. The Bertz CT molecular complexity index is 1250. The first-order valence-electron chi connectivity index (χ1n) is 10.9. The predicted octanol–water partition coefficient (Wildman–Crippen LogP) is 0.223. The first-order chi connectivity index (χ1) is 16.3. The van der Waals surface area contributed by atoms with E-state index in [1.165, 1.54) is 31.1 Å². The lowest BCUT2D eigenvalue weighted by Crippen LogP contribution is -2.69. The quantitative estimate of drug-likeness (QED) is 0.292. The van der Waals surface area contributed by atoms with Gasteiger partial charge in [0.2, 0.25) is 5.78 Å². The summed E-state index contributed by atoms with van der Waals surface area (Å²) < 4.78 is 5.59. The highest BCUT2D eigenvalue weighted by molar-refractivity contribution is 6.25. The number of ketones is 2. The van der Waals surface area contributed by atoms with Crippen molar-refractivity contribution in [1.29, 1.82) is 0 Å². The van der Waals surface area contributed by atoms with Gasteiger partial charge in [-0.15, -0.1) is 0 Å². The van der Waals surface area contributed by atoms with Gasteiger partial charge in [-0.1, -0.05) is 19.1 Å². The molecule has 0 bridgehead atoms. The summed E-state index contributed by atoms with van der Waals surface area (Å²) in [6, 6.07) is 3.12. The van der Waals surface area contributed by atoms with Crippen LogP contribution in [0.1, 0.15) is 35.7 Å². The number of phenols is 1. The first-order valence-corrected chi connectivity index (χ1v) is 10.9. The van der Waals surface area contributed by atoms with Crippen molar-refractivity contribution in [3.8, 4) is 5.75 Å². The van der Waals surface area contributed by atoms with Crippen LogP contribution in [0.15, 0.2) is 40.9 Å². The van der Waals surface area contributed by atoms with Crippen LogP contribution < -0.4 is 5.73 Å². The van der Waals surface area contributed by atoms with Crippen LogP contribution in [0.4, 0.5) is 0 Å². The molecule has 3 aliphatic carbocycles. The second-order valence-electron chi connectivity index (χ2n) is 9.38. The number of fused-ring (bicyclic) bond motifs is 3. The van der Waals surface area contributed by atoms with Gasteiger partial charge >= 0.3 is 5.97 Å². The highest BCUT2D eigenvalue weighted by atomic mass is 16.5. The van der Waals surface area contributed by atoms with Crippen molar-refractivity contribution in [1.82, 2.24) is 4.90 Å². The molecule has 1 aromatic rings. The van der Waals surface area contributed by atoms with E-state index >= 15 is 0 Å². The summed E-state index contributed by atoms with van der Waals surface area (Å²) in [6.07, 6.45) is -1.40. The number of Topliss-reactive ketones (excluding diaryl/α,β-unsaturated/α-hetero) is 2. The molecule has 0 radical (unpaired) electrons. The summed E-state index contributed by atoms with van der Waals surface area (Å²) in [5.41, 5.74) is 1.32. The summed E-state index contributed by atoms with van der Waals surface area (Å²) in [7, 11) is 2.97. The van der Waals surface area contributed by atoms with E-state index in [1.54, 1.807) is 13.0 Å². The van der Waals surface area contributed by atoms with Gasteiger partial charge in [0.1, 0.15) is 28.9 Å². The van der Waals surface area contributed by atoms with Crippen LogP contribution in [-0.4, -0.2) is 80.6 Å². The third-order valence-corrected chi connectivity index (χ3v) is 7.27. The Morgan fingerprint density at radius 3 is 2.31 bits per heavy atom. The van der Waals surface area contributed by atoms with Gasteiger partial charge in [0, 0.05) is 18.4 Å². The Kier molecular flexibility index (Phi) is 5.53. The third kappa shape index (κ3) is 3.11. The minimum Gasteiger partial charge on any atom is -0.510 e. The zero-order chi connectivity index (χ0) is 26.1. The highest BCUT2D eigenvalue weighted by Gasteiger charge is 2.68. The molecule has 35 heavy (non-hydrogen) atoms. The highest BCUT2D eigenvalue weighted by Crippen LogP contribution is 2.56. The first kappa shape index (κ1) is 24.4. The Balaban J connectivity index is 2.11. The summed E-state index contributed by atoms with van der Waals surface area (Å²) in [4.78, 5) is 52.7. The number of aromatic hydroxyl groups is 1. The predicted molar refractivity (Wildman–Crippen MR) is 119 cm³/mol. The number of nitrogens with two attached hydrogens (primary N) is 1. The molecule has 0 saturated heterocycles. The summed E-state index contributed by atoms with van der Waals surface area (Å²) in [5, 5.41) is 44.5. The number of carbonyl (C=O) groups is 4. The maximum absolute atomic E-state index is 13.6. The molecule has 3 aliphatic rings. The number of likely N-dealkylation sites (N-methyl/N-ethyl adjacent to an activating group) is 1. The number of carbonyl (C=O) groups excluding carboxylic acids is 4. The van der Waals surface area contributed by atoms with Crippen molar-refractivity contribution in [2.75, 3.05) is 14.1 Å². The third-order valence-electron chi connectivity index (χ3n) is 7.27. The fourth-order valence-electron chi connectivity index (χ4n) is 5.89. The molecule has 11 heteroatoms. The summed E-state index contributed by atoms with van der Waals surface area (Å²) >= 11 is 0. The minimum absolute atomic E-state index is 0.123. The Labute approximate surface area is 200 Å². The number of hydrogen-bond donors (Lipinski definition) is 5. The van der Waals surface area contributed by atoms with Crippen LogP contribution in [0.25, 0.3) is 0 Å². The van der Waals surface area contributed by atoms with Gasteiger partial charge in [0.05, 0.1) is 17.5 Å². The molecule has 11 nitrogen and oxygen atoms in total. The Morgan fingerprint density at radius 1 is 1.14 bits per heavy atom. The number of nitrogens with zero attached hydrogens (tertiary/aromatic N) is 1. The van der Waals surface area contributed by atoms with E-state index < -0.39 is 81.6 Å². The van der Waals surface area contributed by atoms with E-state index in [4.69, 9.17) is 10.5 Å². The van der Waals surface area contributed by atoms with Gasteiger partial charge in [-0.2, -0.15) is 0 Å². The maximum Gasteiger partial charge on any atom is 0.302 e. The largest absolute Gasteiger partial charge is 0.510 e. The average Bonchev–Trinajstić information content (AvgIpc) is 2.75. The lowest BCUT2D eigenvalue weighted by Gasteiger charge is -2.54. The average molecular weight is 486 g/mol. The van der Waals surface area contributed by atoms with Gasteiger partial charge in [-0.25, -0.2) is 0 Å². The number of benzene rings is 1. The second kappa shape index (κ2) is 7.92. The van der Waals surface area contributed by atoms with E-state index in [2.05, 4.69) is 0 Å². The zero-order valence-electron chi connectivity index (χ0n) is 19.5. The molecule has 1 aromatic carbocycles. The van der Waals surface area contributed by atoms with Crippen molar-refractivity contribution in [3.05, 3.63) is 52.0 Å². The monoisotopic (exact) mass is 486 g/mol. The fraction of sp³-hybridized carbons (Fsp3) is 0.417. The van der Waals surface area contributed by atoms with Crippen LogP contribution in [0.2, 0.25) is 0 Å². The number of hydrogen-bond acceptors (Lipinski definition) is 10. The second-order valence-corrected chi connectivity index (χ2v) is 9.38. The van der Waals surface area contributed by atoms with Gasteiger partial charge in [0.25, 0.3) is 5.91 Å². The number of ether oxygens (including phenoxy) is 1. The van der Waals surface area contributed by atoms with E-state index in [-0.39, 0.29) is 11.3 Å². The SMILES string of the molecule is CC(=O)O[C@@H]1[C@H]2[C@H](N(C)C)C(O)=C(C(N)=O)C(=O)[C@@]2(O)C(O)=C2C(=O)c3c(O)cccc3C(C)[C@H]21. The number of aliphatic hydroxyl groups excluding tert-OH is 2. The number of esters is 1. The van der Waals surface area contributed by atoms with Crippen molar-refractivity contribution in [3.63, 3.8) is 0 Å². The normalized spacial score (nSPS) is 32.2. The number of phenolic OH excluding ortho intramolecular Hbond substituents is 1. The molecule has 0 aliphatic heterocycles. The van der Waals surface area contributed by atoms with E-state index in [0.29, 0.717) is 5.56 Å². The number of amides is 1. The fourth-order valence-corrected chi connectivity index (χ4v) is 5.89. The van der Waals surface area contributed by atoms with Crippen LogP contribution in [-0.2, 0) is 19.1 Å². The van der Waals surface area contributed by atoms with Crippen molar-refractivity contribution >= 4 is 23.4 Å². The summed E-state index contributed by atoms with van der Waals surface area (Å²) in [6.45, 7) is 2.79. The Morgan fingerprint density at radius 2 is 1.77 bits per heavy atom. The molecule has 6 atom stereocenters. The molecule has 1 unspecified atom stereocenters. The maximum atomic E-state index is 13.6. The van der Waals surface area contributed by atoms with Crippen molar-refractivity contribution in [2.45, 2.75) is 37.5 Å². The molecule has 4 rings (SSSR count). The molecule has 0 spiro atoms. The van der Waals surface area contributed by atoms with E-state index in [1.807, 2.05) is 0 Å². The minimum atomic E-state index is -2.94. The molecule has 0 aromatic heterocycles. The molecule has 1 amide bonds. The number of rotatable bonds is 3. The van der Waals surface area contributed by atoms with Crippen LogP contribution in [0.3, 0.4) is 0 Å². The molecule has 6 N–H and O–H groups in total. The van der Waals surface area contributed by atoms with Gasteiger partial charge < -0.3 is 30.9 Å². The smallest absolute Gasteiger partial charge is 0.302 e. The Hall–Kier alpha value is -3.70. The molecule has 0 saturated carbocycles. The van der Waals surface area contributed by atoms with Gasteiger partial charge in [-0.3, -0.25) is 24.1 Å². The lowest BCUT2D eigenvalue weighted by molar-refractivity contribution is -0.179. The molecular weight excluding hydrogens is 460 g/mol. The van der Waals surface area contributed by atoms with Gasteiger partial charge in [0.15, 0.2) is 11.4 Å². The van der Waals surface area contributed by atoms with Crippen LogP contribution >= 0.6 is 0 Å². The van der Waals surface area contributed by atoms with Gasteiger partial charge in [-0.05, 0) is 31.6 Å². The summed E-state index contributed by atoms with van der Waals surface area (Å²) in [5.74, 6) is -9.78. The number of aliphatic hydroxyl groups is 3. The molecule has 186 valence electrons. The molecule has 0 fully saturated rings. The van der Waals surface area contributed by atoms with Crippen LogP contribution in [0, 0.1) is 11.8 Å². The zero-order valence-corrected chi connectivity index (χ0v) is 19.5. The number of primary amides is 1. The lowest BCUT2D eigenvalue weighted by atomic mass is 9.55. The standard InChI is InChI=1S/C24H26N2O9/c1-8-10-6-5-7-11(28)13(10)18(29)14-12(8)20(35-9(2)27)16-17(26(3)4)19(30)15(23(25)33)22(32)24(16,34)21(14)31/h5-8,12,16-17,20,28,30-31,34H,1-4H3,(H2,25,33)/t8?,12-,16-,17+,20+,24+/m1/s1. The van der Waals surface area contributed by atoms with Crippen LogP contribution in [0.5, 0.6) is 5.75 Å². The molecule has 0 heterocycles. The van der Waals surface area contributed by atoms with E-state index in [9.17, 15) is 39.6 Å². The van der Waals surface area contributed by atoms with Crippen molar-refractivity contribution in [2.24, 2.45) is 17.6 Å².